The maximum Gasteiger partial charge on any atom is 0.407 e. The molecule has 0 aromatic heterocycles. The number of rotatable bonds is 23. The van der Waals surface area contributed by atoms with Crippen LogP contribution in [0.3, 0.4) is 0 Å². The van der Waals surface area contributed by atoms with E-state index < -0.39 is 17.3 Å². The molecule has 8 atom stereocenters. The first-order valence-electron chi connectivity index (χ1n) is 24.9. The maximum absolute atomic E-state index is 13.6. The molecule has 3 amide bonds. The van der Waals surface area contributed by atoms with Crippen LogP contribution in [-0.2, 0) is 14.3 Å². The second-order valence-electron chi connectivity index (χ2n) is 22.5. The Balaban J connectivity index is 1.19. The first-order valence-corrected chi connectivity index (χ1v) is 27.3. The van der Waals surface area contributed by atoms with Gasteiger partial charge in [-0.3, -0.25) is 4.79 Å². The van der Waals surface area contributed by atoms with E-state index in [-0.39, 0.29) is 12.0 Å². The summed E-state index contributed by atoms with van der Waals surface area (Å²) < 4.78 is 10.7. The molecule has 3 fully saturated rings. The Morgan fingerprint density at radius 3 is 2.05 bits per heavy atom. The van der Waals surface area contributed by atoms with Gasteiger partial charge in [0.25, 0.3) is 0 Å². The highest BCUT2D eigenvalue weighted by Gasteiger charge is 2.59. The number of carbonyl (C=O) groups is 3. The van der Waals surface area contributed by atoms with Crippen LogP contribution >= 0.6 is 21.6 Å². The largest absolute Gasteiger partial charge is 0.444 e. The third kappa shape index (κ3) is 16.4. The second kappa shape index (κ2) is 24.1. The highest BCUT2D eigenvalue weighted by Crippen LogP contribution is 2.67. The number of nitrogens with zero attached hydrogens (tertiary/aromatic N) is 1. The summed E-state index contributed by atoms with van der Waals surface area (Å²) in [5, 5.41) is 6.34. The zero-order valence-corrected chi connectivity index (χ0v) is 42.5. The van der Waals surface area contributed by atoms with Crippen LogP contribution in [0.25, 0.3) is 0 Å². The number of nitrogens with one attached hydrogen (secondary N) is 2. The van der Waals surface area contributed by atoms with E-state index in [2.05, 4.69) is 51.3 Å². The minimum Gasteiger partial charge on any atom is -0.444 e. The third-order valence-electron chi connectivity index (χ3n) is 15.0. The molecule has 352 valence electrons. The summed E-state index contributed by atoms with van der Waals surface area (Å²) in [6.45, 7) is 26.4. The van der Waals surface area contributed by atoms with Crippen molar-refractivity contribution in [2.24, 2.45) is 46.3 Å². The number of hydrogen-bond donors (Lipinski definition) is 2. The van der Waals surface area contributed by atoms with Gasteiger partial charge in [-0.25, -0.2) is 9.59 Å². The molecule has 0 radical (unpaired) electrons. The molecule has 0 heterocycles. The summed E-state index contributed by atoms with van der Waals surface area (Å²) in [6, 6.07) is 0. The Morgan fingerprint density at radius 2 is 1.39 bits per heavy atom. The average Bonchev–Trinajstić information content (AvgIpc) is 3.52. The fourth-order valence-electron chi connectivity index (χ4n) is 11.9. The summed E-state index contributed by atoms with van der Waals surface area (Å²) >= 11 is 0. The summed E-state index contributed by atoms with van der Waals surface area (Å²) in [5.41, 5.74) is 1.66. The molecule has 3 saturated carbocycles. The average molecular weight is 890 g/mol. The van der Waals surface area contributed by atoms with Gasteiger partial charge in [-0.2, -0.15) is 0 Å². The Labute approximate surface area is 381 Å². The summed E-state index contributed by atoms with van der Waals surface area (Å²) in [6.07, 6.45) is 24.6. The number of ether oxygens (including phenoxy) is 2. The van der Waals surface area contributed by atoms with Gasteiger partial charge in [0.1, 0.15) is 11.2 Å². The van der Waals surface area contributed by atoms with Crippen LogP contribution in [-0.4, -0.2) is 71.4 Å². The highest BCUT2D eigenvalue weighted by atomic mass is 33.1. The van der Waals surface area contributed by atoms with Crippen molar-refractivity contribution in [1.29, 1.82) is 0 Å². The van der Waals surface area contributed by atoms with E-state index in [1.165, 1.54) is 70.6 Å². The van der Waals surface area contributed by atoms with Crippen molar-refractivity contribution in [2.75, 3.05) is 31.9 Å². The molecule has 0 bridgehead atoms. The monoisotopic (exact) mass is 890 g/mol. The van der Waals surface area contributed by atoms with Gasteiger partial charge in [0.15, 0.2) is 0 Å². The predicted octanol–water partition coefficient (Wildman–Crippen LogP) is 13.8. The van der Waals surface area contributed by atoms with E-state index >= 15 is 0 Å². The van der Waals surface area contributed by atoms with Gasteiger partial charge in [0, 0.05) is 43.6 Å². The second-order valence-corrected chi connectivity index (χ2v) is 25.3. The van der Waals surface area contributed by atoms with Crippen molar-refractivity contribution >= 4 is 39.7 Å². The summed E-state index contributed by atoms with van der Waals surface area (Å²) in [7, 11) is 3.95. The maximum atomic E-state index is 13.6. The first-order chi connectivity index (χ1) is 28.7. The van der Waals surface area contributed by atoms with E-state index in [1.807, 2.05) is 68.0 Å². The van der Waals surface area contributed by atoms with Crippen LogP contribution in [0.5, 0.6) is 0 Å². The highest BCUT2D eigenvalue weighted by molar-refractivity contribution is 8.76. The molecular formula is C51H91N3O5S2. The van der Waals surface area contributed by atoms with Gasteiger partial charge in [0.05, 0.1) is 0 Å². The van der Waals surface area contributed by atoms with Gasteiger partial charge in [-0.05, 0) is 159 Å². The molecule has 2 N–H and O–H groups in total. The number of amides is 3. The van der Waals surface area contributed by atoms with Crippen LogP contribution in [0.15, 0.2) is 11.6 Å². The number of carbonyl (C=O) groups excluding carboxylic acids is 3. The fraction of sp³-hybridized carbons (Fsp3) is 0.902. The van der Waals surface area contributed by atoms with E-state index in [9.17, 15) is 14.4 Å². The molecule has 0 unspecified atom stereocenters. The Morgan fingerprint density at radius 1 is 0.770 bits per heavy atom. The molecule has 8 nitrogen and oxygen atoms in total. The lowest BCUT2D eigenvalue weighted by atomic mass is 9.47. The quantitative estimate of drug-likeness (QED) is 0.0599. The molecule has 0 aliphatic heterocycles. The van der Waals surface area contributed by atoms with Crippen molar-refractivity contribution in [3.63, 3.8) is 0 Å². The minimum atomic E-state index is -0.535. The van der Waals surface area contributed by atoms with Gasteiger partial charge in [0.2, 0.25) is 5.91 Å². The normalized spacial score (nSPS) is 27.9. The molecule has 4 rings (SSSR count). The van der Waals surface area contributed by atoms with Crippen molar-refractivity contribution < 1.29 is 23.9 Å². The first kappa shape index (κ1) is 52.1. The van der Waals surface area contributed by atoms with Crippen molar-refractivity contribution in [3.05, 3.63) is 11.6 Å². The number of unbranched alkanes of at least 4 members (excludes halogenated alkanes) is 5. The zero-order chi connectivity index (χ0) is 44.8. The lowest BCUT2D eigenvalue weighted by Gasteiger charge is -2.58. The SMILES string of the molecule is CC(C)CCC[C@@H](C)[C@H]1CC[C@H]2[C@@H]3CC=C4C[C@@H](SSCCC(=O)N(CCCCCCCCNC(=O)OC(C)(C)C)CCCNC(=O)OC(C)(C)C)CC[C@]4(C)[C@H]3CC[C@]12C. The lowest BCUT2D eigenvalue weighted by Crippen LogP contribution is -2.50. The summed E-state index contributed by atoms with van der Waals surface area (Å²) in [5.74, 6) is 6.30. The molecule has 0 saturated heterocycles. The molecule has 0 aromatic carbocycles. The molecule has 4 aliphatic carbocycles. The minimum absolute atomic E-state index is 0.222. The van der Waals surface area contributed by atoms with Gasteiger partial charge < -0.3 is 25.0 Å². The van der Waals surface area contributed by atoms with Crippen LogP contribution in [0.2, 0.25) is 0 Å². The topological polar surface area (TPSA) is 97.0 Å². The number of alkyl carbamates (subject to hydrolysis) is 2. The molecule has 10 heteroatoms. The van der Waals surface area contributed by atoms with E-state index in [1.54, 1.807) is 5.57 Å². The fourth-order valence-corrected chi connectivity index (χ4v) is 14.6. The van der Waals surface area contributed by atoms with E-state index in [4.69, 9.17) is 9.47 Å². The van der Waals surface area contributed by atoms with E-state index in [0.29, 0.717) is 48.6 Å². The third-order valence-corrected chi connectivity index (χ3v) is 17.9. The van der Waals surface area contributed by atoms with Crippen molar-refractivity contribution in [3.8, 4) is 0 Å². The van der Waals surface area contributed by atoms with E-state index in [0.717, 1.165) is 86.3 Å². The standard InChI is InChI=1S/C51H91N3O5S2/c1-37(2)20-18-21-38(3)42-24-25-43-41-23-22-39-36-40(26-29-50(39,10)44(41)27-30-51(42,43)11)61-60-35-28-45(55)54(34-19-32-53-47(57)59-49(7,8)9)33-17-15-13-12-14-16-31-52-46(56)58-48(4,5)6/h22,37-38,40-44H,12-21,23-36H2,1-11H3,(H,52,56)(H,53,57)/t38-,40+,41+,42-,43+,44+,50+,51-/m1/s1. The summed E-state index contributed by atoms with van der Waals surface area (Å²) in [4.78, 5) is 39.7. The van der Waals surface area contributed by atoms with Crippen molar-refractivity contribution in [2.45, 2.75) is 215 Å². The van der Waals surface area contributed by atoms with Crippen LogP contribution in [0.1, 0.15) is 198 Å². The smallest absolute Gasteiger partial charge is 0.407 e. The van der Waals surface area contributed by atoms with Crippen LogP contribution in [0, 0.1) is 46.3 Å². The van der Waals surface area contributed by atoms with Gasteiger partial charge >= 0.3 is 12.2 Å². The number of fused-ring (bicyclic) bond motifs is 5. The number of allylic oxidation sites excluding steroid dienone is 2. The lowest BCUT2D eigenvalue weighted by molar-refractivity contribution is -0.130. The molecular weight excluding hydrogens is 799 g/mol. The molecule has 0 spiro atoms. The van der Waals surface area contributed by atoms with Crippen LogP contribution < -0.4 is 10.6 Å². The predicted molar refractivity (Wildman–Crippen MR) is 259 cm³/mol. The number of hydrogen-bond acceptors (Lipinski definition) is 7. The van der Waals surface area contributed by atoms with Crippen LogP contribution in [0.4, 0.5) is 9.59 Å². The Kier molecular flexibility index (Phi) is 20.6. The van der Waals surface area contributed by atoms with Gasteiger partial charge in [-0.15, -0.1) is 0 Å². The molecule has 61 heavy (non-hydrogen) atoms. The Bertz CT molecular complexity index is 1410. The Hall–Kier alpha value is -1.55. The molecule has 4 aliphatic rings. The van der Waals surface area contributed by atoms with Crippen molar-refractivity contribution in [1.82, 2.24) is 15.5 Å². The zero-order valence-electron chi connectivity index (χ0n) is 40.9. The van der Waals surface area contributed by atoms with Gasteiger partial charge in [-0.1, -0.05) is 113 Å². The molecule has 0 aromatic rings.